The van der Waals surface area contributed by atoms with Crippen molar-refractivity contribution in [3.63, 3.8) is 0 Å². The summed E-state index contributed by atoms with van der Waals surface area (Å²) < 4.78 is 19.2. The number of thiazole rings is 1. The van der Waals surface area contributed by atoms with Crippen molar-refractivity contribution in [2.75, 3.05) is 13.7 Å². The summed E-state index contributed by atoms with van der Waals surface area (Å²) in [6.45, 7) is 4.54. The van der Waals surface area contributed by atoms with Crippen molar-refractivity contribution >= 4 is 11.3 Å². The lowest BCUT2D eigenvalue weighted by molar-refractivity contribution is 0.413. The van der Waals surface area contributed by atoms with Crippen LogP contribution in [0.2, 0.25) is 0 Å². The number of methoxy groups -OCH3 is 1. The first-order chi connectivity index (χ1) is 8.99. The van der Waals surface area contributed by atoms with Crippen LogP contribution in [0, 0.1) is 5.82 Å². The highest BCUT2D eigenvalue weighted by molar-refractivity contribution is 7.10. The van der Waals surface area contributed by atoms with Crippen LogP contribution in [0.4, 0.5) is 4.39 Å². The van der Waals surface area contributed by atoms with Crippen LogP contribution >= 0.6 is 11.3 Å². The molecule has 5 heteroatoms. The Bertz CT molecular complexity index is 581. The van der Waals surface area contributed by atoms with Gasteiger partial charge in [0.15, 0.2) is 0 Å². The summed E-state index contributed by atoms with van der Waals surface area (Å²) >= 11 is 1.49. The number of halogens is 1. The molecule has 2 N–H and O–H groups in total. The highest BCUT2D eigenvalue weighted by Gasteiger charge is 2.24. The minimum Gasteiger partial charge on any atom is -0.496 e. The second kappa shape index (κ2) is 5.27. The highest BCUT2D eigenvalue weighted by Crippen LogP contribution is 2.35. The molecule has 3 nitrogen and oxygen atoms in total. The lowest BCUT2D eigenvalue weighted by Crippen LogP contribution is -2.27. The molecule has 2 aromatic rings. The molecule has 19 heavy (non-hydrogen) atoms. The van der Waals surface area contributed by atoms with E-state index in [1.165, 1.54) is 24.5 Å². The van der Waals surface area contributed by atoms with Crippen LogP contribution in [-0.4, -0.2) is 18.6 Å². The number of rotatable bonds is 4. The molecule has 0 aliphatic rings. The SMILES string of the molecule is COc1cccc(F)c1-c1csc(C(C)(C)CN)n1. The number of ether oxygens (including phenoxy) is 1. The lowest BCUT2D eigenvalue weighted by atomic mass is 9.95. The lowest BCUT2D eigenvalue weighted by Gasteiger charge is -2.18. The smallest absolute Gasteiger partial charge is 0.136 e. The van der Waals surface area contributed by atoms with Gasteiger partial charge in [0.05, 0.1) is 18.4 Å². The molecule has 0 fully saturated rings. The van der Waals surface area contributed by atoms with E-state index in [2.05, 4.69) is 4.98 Å². The molecule has 102 valence electrons. The molecule has 1 aromatic heterocycles. The molecule has 0 saturated carbocycles. The van der Waals surface area contributed by atoms with Gasteiger partial charge in [0.25, 0.3) is 0 Å². The fourth-order valence-electron chi connectivity index (χ4n) is 1.71. The largest absolute Gasteiger partial charge is 0.496 e. The summed E-state index contributed by atoms with van der Waals surface area (Å²) in [4.78, 5) is 4.51. The first-order valence-corrected chi connectivity index (χ1v) is 6.86. The Morgan fingerprint density at radius 3 is 2.79 bits per heavy atom. The predicted molar refractivity (Wildman–Crippen MR) is 76.1 cm³/mol. The average Bonchev–Trinajstić information content (AvgIpc) is 2.88. The number of aromatic nitrogens is 1. The van der Waals surface area contributed by atoms with Crippen molar-refractivity contribution in [3.05, 3.63) is 34.4 Å². The van der Waals surface area contributed by atoms with E-state index in [-0.39, 0.29) is 11.2 Å². The zero-order valence-electron chi connectivity index (χ0n) is 11.2. The van der Waals surface area contributed by atoms with E-state index in [1.54, 1.807) is 12.1 Å². The fourth-order valence-corrected chi connectivity index (χ4v) is 2.66. The molecule has 0 amide bonds. The second-order valence-electron chi connectivity index (χ2n) is 4.94. The number of hydrogen-bond acceptors (Lipinski definition) is 4. The second-order valence-corrected chi connectivity index (χ2v) is 5.80. The quantitative estimate of drug-likeness (QED) is 0.935. The van der Waals surface area contributed by atoms with Gasteiger partial charge in [-0.15, -0.1) is 11.3 Å². The molecular formula is C14H17FN2OS. The molecule has 0 aliphatic carbocycles. The van der Waals surface area contributed by atoms with Gasteiger partial charge < -0.3 is 10.5 Å². The van der Waals surface area contributed by atoms with Crippen LogP contribution in [0.15, 0.2) is 23.6 Å². The normalized spacial score (nSPS) is 11.6. The minimum atomic E-state index is -0.332. The fraction of sp³-hybridized carbons (Fsp3) is 0.357. The Balaban J connectivity index is 2.50. The molecule has 1 heterocycles. The van der Waals surface area contributed by atoms with Crippen molar-refractivity contribution in [3.8, 4) is 17.0 Å². The summed E-state index contributed by atoms with van der Waals surface area (Å²) in [5, 5.41) is 2.74. The highest BCUT2D eigenvalue weighted by atomic mass is 32.1. The maximum absolute atomic E-state index is 14.0. The molecule has 1 aromatic carbocycles. The number of hydrogen-bond donors (Lipinski definition) is 1. The van der Waals surface area contributed by atoms with Crippen molar-refractivity contribution < 1.29 is 9.13 Å². The Morgan fingerprint density at radius 1 is 1.42 bits per heavy atom. The number of nitrogens with two attached hydrogens (primary N) is 1. The minimum absolute atomic E-state index is 0.207. The van der Waals surface area contributed by atoms with E-state index >= 15 is 0 Å². The van der Waals surface area contributed by atoms with Gasteiger partial charge in [0, 0.05) is 17.3 Å². The van der Waals surface area contributed by atoms with Crippen LogP contribution in [0.3, 0.4) is 0 Å². The van der Waals surface area contributed by atoms with Gasteiger partial charge in [0.1, 0.15) is 16.6 Å². The Labute approximate surface area is 116 Å². The average molecular weight is 280 g/mol. The first-order valence-electron chi connectivity index (χ1n) is 5.98. The number of nitrogens with zero attached hydrogens (tertiary/aromatic N) is 1. The molecule has 0 unspecified atom stereocenters. The van der Waals surface area contributed by atoms with Gasteiger partial charge in [0.2, 0.25) is 0 Å². The summed E-state index contributed by atoms with van der Waals surface area (Å²) in [5.41, 5.74) is 6.53. The van der Waals surface area contributed by atoms with E-state index in [1.807, 2.05) is 19.2 Å². The molecule has 0 radical (unpaired) electrons. The van der Waals surface area contributed by atoms with E-state index in [4.69, 9.17) is 10.5 Å². The zero-order chi connectivity index (χ0) is 14.0. The number of benzene rings is 1. The third-order valence-corrected chi connectivity index (χ3v) is 4.25. The summed E-state index contributed by atoms with van der Waals surface area (Å²) in [6.07, 6.45) is 0. The van der Waals surface area contributed by atoms with E-state index < -0.39 is 0 Å². The van der Waals surface area contributed by atoms with Crippen LogP contribution < -0.4 is 10.5 Å². The molecule has 0 spiro atoms. The molecule has 0 atom stereocenters. The van der Waals surface area contributed by atoms with Gasteiger partial charge in [-0.25, -0.2) is 9.37 Å². The third kappa shape index (κ3) is 2.62. The van der Waals surface area contributed by atoms with Gasteiger partial charge in [-0.3, -0.25) is 0 Å². The van der Waals surface area contributed by atoms with E-state index in [9.17, 15) is 4.39 Å². The van der Waals surface area contributed by atoms with Crippen molar-refractivity contribution in [2.45, 2.75) is 19.3 Å². The maximum Gasteiger partial charge on any atom is 0.136 e. The maximum atomic E-state index is 14.0. The van der Waals surface area contributed by atoms with E-state index in [0.717, 1.165) is 5.01 Å². The van der Waals surface area contributed by atoms with E-state index in [0.29, 0.717) is 23.6 Å². The Hall–Kier alpha value is -1.46. The summed E-state index contributed by atoms with van der Waals surface area (Å²) in [6, 6.07) is 4.76. The van der Waals surface area contributed by atoms with Crippen LogP contribution in [-0.2, 0) is 5.41 Å². The van der Waals surface area contributed by atoms with Gasteiger partial charge in [-0.1, -0.05) is 19.9 Å². The summed E-state index contributed by atoms with van der Waals surface area (Å²) in [7, 11) is 1.52. The van der Waals surface area contributed by atoms with Crippen molar-refractivity contribution in [1.29, 1.82) is 0 Å². The monoisotopic (exact) mass is 280 g/mol. The van der Waals surface area contributed by atoms with Crippen LogP contribution in [0.25, 0.3) is 11.3 Å². The third-order valence-electron chi connectivity index (χ3n) is 3.04. The van der Waals surface area contributed by atoms with Gasteiger partial charge in [-0.05, 0) is 12.1 Å². The standard InChI is InChI=1S/C14H17FN2OS/c1-14(2,8-16)13-17-10(7-19-13)12-9(15)5-4-6-11(12)18-3/h4-7H,8,16H2,1-3H3. The zero-order valence-corrected chi connectivity index (χ0v) is 12.1. The topological polar surface area (TPSA) is 48.1 Å². The van der Waals surface area contributed by atoms with Gasteiger partial charge >= 0.3 is 0 Å². The van der Waals surface area contributed by atoms with Crippen LogP contribution in [0.1, 0.15) is 18.9 Å². The molecule has 0 aliphatic heterocycles. The Morgan fingerprint density at radius 2 is 2.16 bits per heavy atom. The molecular weight excluding hydrogens is 263 g/mol. The first kappa shape index (κ1) is 14.0. The summed E-state index contributed by atoms with van der Waals surface area (Å²) in [5.74, 6) is 0.157. The molecule has 0 bridgehead atoms. The van der Waals surface area contributed by atoms with Crippen LogP contribution in [0.5, 0.6) is 5.75 Å². The van der Waals surface area contributed by atoms with Crippen molar-refractivity contribution in [2.24, 2.45) is 5.73 Å². The molecule has 0 saturated heterocycles. The van der Waals surface area contributed by atoms with Gasteiger partial charge in [-0.2, -0.15) is 0 Å². The molecule has 2 rings (SSSR count). The Kier molecular flexibility index (Phi) is 3.87. The predicted octanol–water partition coefficient (Wildman–Crippen LogP) is 3.19. The van der Waals surface area contributed by atoms with Crippen molar-refractivity contribution in [1.82, 2.24) is 4.98 Å².